The van der Waals surface area contributed by atoms with Crippen LogP contribution in [0.2, 0.25) is 10.0 Å². The summed E-state index contributed by atoms with van der Waals surface area (Å²) >= 11 is 12.4. The Bertz CT molecular complexity index is 2000. The van der Waals surface area contributed by atoms with E-state index >= 15 is 0 Å². The zero-order valence-electron chi connectivity index (χ0n) is 29.0. The van der Waals surface area contributed by atoms with E-state index < -0.39 is 6.04 Å². The lowest BCUT2D eigenvalue weighted by Gasteiger charge is -2.35. The Morgan fingerprint density at radius 3 is 2.39 bits per heavy atom. The van der Waals surface area contributed by atoms with E-state index in [1.54, 1.807) is 16.7 Å². The Labute approximate surface area is 308 Å². The molecule has 1 fully saturated rings. The molecule has 0 spiro atoms. The molecule has 5 aromatic rings. The van der Waals surface area contributed by atoms with Gasteiger partial charge in [-0.3, -0.25) is 19.1 Å². The van der Waals surface area contributed by atoms with Crippen molar-refractivity contribution in [2.45, 2.75) is 25.8 Å². The van der Waals surface area contributed by atoms with Gasteiger partial charge in [-0.2, -0.15) is 0 Å². The SMILES string of the molecule is CCOc1ccc(-n2c(C(CCNC)N(CCN3CCOCC3)C(=O)Cc3ccc(-c4ccc(Cl)c(Cl)c4)cc3)nc3ccccc3c2=O)cc1. The smallest absolute Gasteiger partial charge is 0.266 e. The second-order valence-electron chi connectivity index (χ2n) is 12.5. The van der Waals surface area contributed by atoms with Gasteiger partial charge in [-0.1, -0.05) is 65.7 Å². The van der Waals surface area contributed by atoms with Gasteiger partial charge in [-0.05, 0) is 92.2 Å². The maximum atomic E-state index is 14.6. The summed E-state index contributed by atoms with van der Waals surface area (Å²) in [6, 6.07) is 27.8. The minimum absolute atomic E-state index is 0.0488. The van der Waals surface area contributed by atoms with E-state index in [0.29, 0.717) is 84.1 Å². The van der Waals surface area contributed by atoms with Gasteiger partial charge in [0, 0.05) is 26.2 Å². The van der Waals surface area contributed by atoms with Crippen LogP contribution in [0.25, 0.3) is 27.7 Å². The zero-order valence-corrected chi connectivity index (χ0v) is 30.5. The first kappa shape index (κ1) is 36.5. The average Bonchev–Trinajstić information content (AvgIpc) is 3.15. The highest BCUT2D eigenvalue weighted by molar-refractivity contribution is 6.42. The van der Waals surface area contributed by atoms with Crippen molar-refractivity contribution in [3.8, 4) is 22.6 Å². The van der Waals surface area contributed by atoms with Crippen LogP contribution < -0.4 is 15.6 Å². The van der Waals surface area contributed by atoms with Crippen molar-refractivity contribution in [2.75, 3.05) is 59.6 Å². The van der Waals surface area contributed by atoms with Gasteiger partial charge in [-0.25, -0.2) is 4.98 Å². The minimum atomic E-state index is -0.509. The molecule has 1 saturated heterocycles. The molecular weight excluding hydrogens is 685 g/mol. The van der Waals surface area contributed by atoms with E-state index in [-0.39, 0.29) is 17.9 Å². The highest BCUT2D eigenvalue weighted by Crippen LogP contribution is 2.30. The molecule has 1 aliphatic rings. The van der Waals surface area contributed by atoms with Crippen LogP contribution in [0.1, 0.15) is 30.8 Å². The first-order valence-electron chi connectivity index (χ1n) is 17.4. The molecule has 1 atom stereocenters. The third-order valence-corrected chi connectivity index (χ3v) is 9.93. The fourth-order valence-electron chi connectivity index (χ4n) is 6.48. The van der Waals surface area contributed by atoms with Crippen molar-refractivity contribution < 1.29 is 14.3 Å². The van der Waals surface area contributed by atoms with Gasteiger partial charge in [0.2, 0.25) is 5.91 Å². The lowest BCUT2D eigenvalue weighted by atomic mass is 10.0. The van der Waals surface area contributed by atoms with Crippen molar-refractivity contribution in [3.63, 3.8) is 0 Å². The molecule has 1 amide bonds. The predicted molar refractivity (Wildman–Crippen MR) is 204 cm³/mol. The largest absolute Gasteiger partial charge is 0.494 e. The summed E-state index contributed by atoms with van der Waals surface area (Å²) in [5.41, 5.74) is 3.85. The van der Waals surface area contributed by atoms with E-state index in [2.05, 4.69) is 10.2 Å². The number of halogens is 2. The van der Waals surface area contributed by atoms with Crippen LogP contribution in [0, 0.1) is 0 Å². The number of rotatable bonds is 14. The molecule has 1 unspecified atom stereocenters. The first-order valence-corrected chi connectivity index (χ1v) is 18.1. The summed E-state index contributed by atoms with van der Waals surface area (Å²) in [5.74, 6) is 1.18. The Balaban J connectivity index is 1.40. The molecule has 0 radical (unpaired) electrons. The topological polar surface area (TPSA) is 88.9 Å². The maximum absolute atomic E-state index is 14.6. The van der Waals surface area contributed by atoms with E-state index in [0.717, 1.165) is 29.8 Å². The van der Waals surface area contributed by atoms with Gasteiger partial charge >= 0.3 is 0 Å². The van der Waals surface area contributed by atoms with E-state index in [4.69, 9.17) is 37.7 Å². The lowest BCUT2D eigenvalue weighted by molar-refractivity contribution is -0.133. The molecule has 4 aromatic carbocycles. The number of carbonyl (C=O) groups excluding carboxylic acids is 1. The Kier molecular flexibility index (Phi) is 12.4. The number of fused-ring (bicyclic) bond motifs is 1. The monoisotopic (exact) mass is 727 g/mol. The molecule has 0 aliphatic carbocycles. The summed E-state index contributed by atoms with van der Waals surface area (Å²) in [4.78, 5) is 38.3. The number of carbonyl (C=O) groups is 1. The van der Waals surface area contributed by atoms with Crippen molar-refractivity contribution in [2.24, 2.45) is 0 Å². The van der Waals surface area contributed by atoms with Gasteiger partial charge < -0.3 is 19.7 Å². The molecule has 266 valence electrons. The van der Waals surface area contributed by atoms with E-state index in [1.165, 1.54) is 0 Å². The number of aromatic nitrogens is 2. The summed E-state index contributed by atoms with van der Waals surface area (Å²) in [5, 5.41) is 4.76. The molecular formula is C40H43Cl2N5O4. The van der Waals surface area contributed by atoms with Gasteiger partial charge in [0.15, 0.2) is 0 Å². The van der Waals surface area contributed by atoms with Gasteiger partial charge in [0.25, 0.3) is 5.56 Å². The third-order valence-electron chi connectivity index (χ3n) is 9.19. The number of para-hydroxylation sites is 1. The number of hydrogen-bond donors (Lipinski definition) is 1. The molecule has 9 nitrogen and oxygen atoms in total. The number of hydrogen-bond acceptors (Lipinski definition) is 7. The molecule has 1 aliphatic heterocycles. The maximum Gasteiger partial charge on any atom is 0.266 e. The molecule has 1 N–H and O–H groups in total. The second kappa shape index (κ2) is 17.3. The normalized spacial score (nSPS) is 14.0. The van der Waals surface area contributed by atoms with Gasteiger partial charge in [0.1, 0.15) is 11.6 Å². The van der Waals surface area contributed by atoms with E-state index in [1.807, 2.05) is 97.7 Å². The summed E-state index contributed by atoms with van der Waals surface area (Å²) < 4.78 is 13.0. The molecule has 6 rings (SSSR count). The predicted octanol–water partition coefficient (Wildman–Crippen LogP) is 6.81. The number of morpholine rings is 1. The number of nitrogens with zero attached hydrogens (tertiary/aromatic N) is 4. The zero-order chi connectivity index (χ0) is 35.7. The number of amides is 1. The molecule has 11 heteroatoms. The molecule has 1 aromatic heterocycles. The van der Waals surface area contributed by atoms with E-state index in [9.17, 15) is 9.59 Å². The Morgan fingerprint density at radius 1 is 0.961 bits per heavy atom. The van der Waals surface area contributed by atoms with Crippen LogP contribution in [-0.2, 0) is 16.0 Å². The summed E-state index contributed by atoms with van der Waals surface area (Å²) in [6.07, 6.45) is 0.727. The quantitative estimate of drug-likeness (QED) is 0.134. The molecule has 2 heterocycles. The van der Waals surface area contributed by atoms with Crippen LogP contribution in [0.5, 0.6) is 5.75 Å². The van der Waals surface area contributed by atoms with Crippen LogP contribution in [-0.4, -0.2) is 84.9 Å². The van der Waals surface area contributed by atoms with Gasteiger partial charge in [-0.15, -0.1) is 0 Å². The fraction of sp³-hybridized carbons (Fsp3) is 0.325. The highest BCUT2D eigenvalue weighted by Gasteiger charge is 2.31. The molecule has 0 bridgehead atoms. The molecule has 0 saturated carbocycles. The molecule has 51 heavy (non-hydrogen) atoms. The standard InChI is InChI=1S/C40H43Cl2N5O4/c1-3-51-32-15-13-31(14-16-32)47-39(44-36-7-5-4-6-33(36)40(47)49)37(18-19-43-2)46(21-20-45-22-24-50-25-23-45)38(48)26-28-8-10-29(11-9-28)30-12-17-34(41)35(42)27-30/h4-17,27,37,43H,3,18-26H2,1-2H3. The Hall–Kier alpha value is -4.25. The average molecular weight is 729 g/mol. The Morgan fingerprint density at radius 2 is 1.69 bits per heavy atom. The summed E-state index contributed by atoms with van der Waals surface area (Å²) in [6.45, 7) is 7.11. The van der Waals surface area contributed by atoms with Crippen LogP contribution >= 0.6 is 23.2 Å². The van der Waals surface area contributed by atoms with Crippen molar-refractivity contribution in [1.29, 1.82) is 0 Å². The van der Waals surface area contributed by atoms with Crippen LogP contribution in [0.4, 0.5) is 0 Å². The number of ether oxygens (including phenoxy) is 2. The minimum Gasteiger partial charge on any atom is -0.494 e. The first-order chi connectivity index (χ1) is 24.9. The number of nitrogens with one attached hydrogen (secondary N) is 1. The van der Waals surface area contributed by atoms with Crippen molar-refractivity contribution in [1.82, 2.24) is 24.7 Å². The third kappa shape index (κ3) is 8.80. The van der Waals surface area contributed by atoms with Crippen molar-refractivity contribution >= 4 is 40.0 Å². The van der Waals surface area contributed by atoms with Crippen molar-refractivity contribution in [3.05, 3.63) is 123 Å². The summed E-state index contributed by atoms with van der Waals surface area (Å²) in [7, 11) is 1.89. The number of benzene rings is 4. The second-order valence-corrected chi connectivity index (χ2v) is 13.3. The van der Waals surface area contributed by atoms with Crippen LogP contribution in [0.3, 0.4) is 0 Å². The fourth-order valence-corrected chi connectivity index (χ4v) is 6.78. The lowest BCUT2D eigenvalue weighted by Crippen LogP contribution is -2.46. The van der Waals surface area contributed by atoms with Crippen LogP contribution in [0.15, 0.2) is 95.8 Å². The van der Waals surface area contributed by atoms with Gasteiger partial charge in [0.05, 0.1) is 58.9 Å². The highest BCUT2D eigenvalue weighted by atomic mass is 35.5.